The summed E-state index contributed by atoms with van der Waals surface area (Å²) >= 11 is 0. The van der Waals surface area contributed by atoms with E-state index in [1.54, 1.807) is 0 Å². The standard InChI is InChI=1S/C48H84O2/c1-10-11-12-13-14-15-16-17-18-19-20-21-22-23-24-25-42(49)50-41-30-32-46(7)39(44(41,4)5)29-33-48(9)40(46)27-26-38-43-37(3)36(2)28-31-45(43,6)34-35-47(38,48)8/h26,36-37,39-41,43H,10-25,27-35H2,1-9H3. The summed E-state index contributed by atoms with van der Waals surface area (Å²) in [6, 6.07) is 0. The average molecular weight is 693 g/mol. The maximum Gasteiger partial charge on any atom is 0.306 e. The van der Waals surface area contributed by atoms with E-state index in [-0.39, 0.29) is 17.5 Å². The van der Waals surface area contributed by atoms with Gasteiger partial charge in [0.15, 0.2) is 0 Å². The number of unbranched alkanes of at least 4 members (excludes halogenated alkanes) is 14. The van der Waals surface area contributed by atoms with Gasteiger partial charge in [-0.25, -0.2) is 0 Å². The van der Waals surface area contributed by atoms with E-state index in [9.17, 15) is 4.79 Å². The van der Waals surface area contributed by atoms with Gasteiger partial charge in [0.1, 0.15) is 6.10 Å². The van der Waals surface area contributed by atoms with Crippen molar-refractivity contribution in [3.63, 3.8) is 0 Å². The van der Waals surface area contributed by atoms with E-state index < -0.39 is 0 Å². The summed E-state index contributed by atoms with van der Waals surface area (Å²) in [5.74, 6) is 3.81. The third kappa shape index (κ3) is 7.87. The zero-order valence-electron chi connectivity index (χ0n) is 35.0. The Kier molecular flexibility index (Phi) is 13.5. The quantitative estimate of drug-likeness (QED) is 0.0861. The van der Waals surface area contributed by atoms with Gasteiger partial charge in [0.2, 0.25) is 0 Å². The van der Waals surface area contributed by atoms with Crippen LogP contribution in [0, 0.1) is 56.7 Å². The second-order valence-electron chi connectivity index (χ2n) is 20.8. The minimum atomic E-state index is 0.0302. The molecule has 2 nitrogen and oxygen atoms in total. The summed E-state index contributed by atoms with van der Waals surface area (Å²) in [7, 11) is 0. The van der Waals surface area contributed by atoms with E-state index >= 15 is 0 Å². The zero-order chi connectivity index (χ0) is 36.2. The summed E-state index contributed by atoms with van der Waals surface area (Å²) in [4.78, 5) is 13.2. The van der Waals surface area contributed by atoms with Gasteiger partial charge in [-0.2, -0.15) is 0 Å². The van der Waals surface area contributed by atoms with E-state index in [2.05, 4.69) is 68.4 Å². The van der Waals surface area contributed by atoms with Crippen LogP contribution in [-0.4, -0.2) is 12.1 Å². The predicted octanol–water partition coefficient (Wildman–Crippen LogP) is 14.8. The molecule has 5 aliphatic rings. The Labute approximate surface area is 311 Å². The normalized spacial score (nSPS) is 40.5. The number of carbonyl (C=O) groups excluding carboxylic acids is 1. The molecule has 0 bridgehead atoms. The van der Waals surface area contributed by atoms with E-state index in [0.717, 1.165) is 36.5 Å². The van der Waals surface area contributed by atoms with Crippen molar-refractivity contribution in [2.75, 3.05) is 0 Å². The summed E-state index contributed by atoms with van der Waals surface area (Å²) in [5, 5.41) is 0. The van der Waals surface area contributed by atoms with Gasteiger partial charge in [0.25, 0.3) is 0 Å². The van der Waals surface area contributed by atoms with Crippen LogP contribution in [0.2, 0.25) is 0 Å². The highest BCUT2D eigenvalue weighted by atomic mass is 16.5. The highest BCUT2D eigenvalue weighted by Gasteiger charge is 2.68. The Hall–Kier alpha value is -0.790. The molecule has 0 spiro atoms. The van der Waals surface area contributed by atoms with Crippen molar-refractivity contribution >= 4 is 5.97 Å². The highest BCUT2D eigenvalue weighted by Crippen LogP contribution is 2.75. The molecule has 0 amide bonds. The monoisotopic (exact) mass is 693 g/mol. The van der Waals surface area contributed by atoms with Crippen molar-refractivity contribution in [2.24, 2.45) is 56.7 Å². The molecule has 0 N–H and O–H groups in total. The minimum Gasteiger partial charge on any atom is -0.462 e. The van der Waals surface area contributed by atoms with Crippen LogP contribution >= 0.6 is 0 Å². The summed E-state index contributed by atoms with van der Waals surface area (Å²) < 4.78 is 6.43. The number of carbonyl (C=O) groups is 1. The molecule has 10 atom stereocenters. The van der Waals surface area contributed by atoms with Gasteiger partial charge in [0.05, 0.1) is 0 Å². The average Bonchev–Trinajstić information content (AvgIpc) is 3.07. The molecule has 288 valence electrons. The Balaban J connectivity index is 1.07. The van der Waals surface area contributed by atoms with Crippen LogP contribution in [0.25, 0.3) is 0 Å². The van der Waals surface area contributed by atoms with Crippen molar-refractivity contribution in [3.8, 4) is 0 Å². The molecule has 0 aromatic carbocycles. The molecule has 0 aromatic rings. The first-order chi connectivity index (χ1) is 23.7. The van der Waals surface area contributed by atoms with Crippen LogP contribution in [0.4, 0.5) is 0 Å². The molecule has 0 saturated heterocycles. The van der Waals surface area contributed by atoms with Crippen LogP contribution in [-0.2, 0) is 9.53 Å². The molecule has 4 fully saturated rings. The fraction of sp³-hybridized carbons (Fsp3) is 0.938. The molecule has 50 heavy (non-hydrogen) atoms. The van der Waals surface area contributed by atoms with E-state index in [4.69, 9.17) is 4.74 Å². The largest absolute Gasteiger partial charge is 0.462 e. The topological polar surface area (TPSA) is 26.3 Å². The fourth-order valence-corrected chi connectivity index (χ4v) is 13.9. The van der Waals surface area contributed by atoms with Crippen LogP contribution in [0.5, 0.6) is 0 Å². The number of rotatable bonds is 17. The van der Waals surface area contributed by atoms with Crippen molar-refractivity contribution in [1.29, 1.82) is 0 Å². The second kappa shape index (κ2) is 16.7. The first-order valence-electron chi connectivity index (χ1n) is 22.6. The molecule has 5 rings (SSSR count). The van der Waals surface area contributed by atoms with Crippen molar-refractivity contribution in [3.05, 3.63) is 11.6 Å². The molecule has 0 heterocycles. The molecule has 2 heteroatoms. The summed E-state index contributed by atoms with van der Waals surface area (Å²) in [6.07, 6.45) is 35.6. The van der Waals surface area contributed by atoms with E-state index in [0.29, 0.717) is 34.0 Å². The number of fused-ring (bicyclic) bond motifs is 7. The number of esters is 1. The zero-order valence-corrected chi connectivity index (χ0v) is 35.0. The number of hydrogen-bond acceptors (Lipinski definition) is 2. The Morgan fingerprint density at radius 3 is 1.86 bits per heavy atom. The van der Waals surface area contributed by atoms with Gasteiger partial charge in [-0.1, -0.05) is 164 Å². The van der Waals surface area contributed by atoms with Gasteiger partial charge < -0.3 is 4.74 Å². The first-order valence-corrected chi connectivity index (χ1v) is 22.6. The van der Waals surface area contributed by atoms with Gasteiger partial charge in [-0.15, -0.1) is 0 Å². The van der Waals surface area contributed by atoms with E-state index in [1.165, 1.54) is 141 Å². The molecule has 0 aromatic heterocycles. The fourth-order valence-electron chi connectivity index (χ4n) is 13.9. The highest BCUT2D eigenvalue weighted by molar-refractivity contribution is 5.69. The molecular formula is C48H84O2. The molecule has 0 aliphatic heterocycles. The van der Waals surface area contributed by atoms with Crippen molar-refractivity contribution < 1.29 is 9.53 Å². The Bertz CT molecular complexity index is 1130. The number of ether oxygens (including phenoxy) is 1. The molecular weight excluding hydrogens is 609 g/mol. The van der Waals surface area contributed by atoms with Gasteiger partial charge >= 0.3 is 5.97 Å². The summed E-state index contributed by atoms with van der Waals surface area (Å²) in [6.45, 7) is 23.1. The lowest BCUT2D eigenvalue weighted by molar-refractivity contribution is -0.213. The van der Waals surface area contributed by atoms with Gasteiger partial charge in [-0.05, 0) is 115 Å². The number of hydrogen-bond donors (Lipinski definition) is 0. The lowest BCUT2D eigenvalue weighted by Gasteiger charge is -2.71. The SMILES string of the molecule is CCCCCCCCCCCCCCCCCC(=O)OC1CCC2(C)C(CCC3(C)C2CC=C2C4C(C)C(C)CCC4(C)CCC23C)C1(C)C. The minimum absolute atomic E-state index is 0.0302. The maximum absolute atomic E-state index is 13.2. The molecule has 0 radical (unpaired) electrons. The second-order valence-corrected chi connectivity index (χ2v) is 20.8. The molecule has 10 unspecified atom stereocenters. The predicted molar refractivity (Wildman–Crippen MR) is 214 cm³/mol. The third-order valence-electron chi connectivity index (χ3n) is 17.6. The molecule has 4 saturated carbocycles. The molecule has 5 aliphatic carbocycles. The smallest absolute Gasteiger partial charge is 0.306 e. The van der Waals surface area contributed by atoms with Crippen LogP contribution in [0.15, 0.2) is 11.6 Å². The Morgan fingerprint density at radius 1 is 0.680 bits per heavy atom. The summed E-state index contributed by atoms with van der Waals surface area (Å²) in [5.41, 5.74) is 3.40. The van der Waals surface area contributed by atoms with Gasteiger partial charge in [0, 0.05) is 11.8 Å². The van der Waals surface area contributed by atoms with Crippen molar-refractivity contribution in [1.82, 2.24) is 0 Å². The third-order valence-corrected chi connectivity index (χ3v) is 17.6. The van der Waals surface area contributed by atoms with Crippen molar-refractivity contribution in [2.45, 2.75) is 229 Å². The maximum atomic E-state index is 13.2. The Morgan fingerprint density at radius 2 is 1.26 bits per heavy atom. The van der Waals surface area contributed by atoms with Crippen LogP contribution in [0.3, 0.4) is 0 Å². The van der Waals surface area contributed by atoms with Crippen LogP contribution in [0.1, 0.15) is 223 Å². The number of allylic oxidation sites excluding steroid dienone is 2. The first kappa shape index (κ1) is 40.4. The van der Waals surface area contributed by atoms with Gasteiger partial charge in [-0.3, -0.25) is 4.79 Å². The van der Waals surface area contributed by atoms with Crippen LogP contribution < -0.4 is 0 Å². The lowest BCUT2D eigenvalue weighted by Crippen LogP contribution is -2.65. The lowest BCUT2D eigenvalue weighted by atomic mass is 9.33. The van der Waals surface area contributed by atoms with E-state index in [1.807, 2.05) is 5.57 Å².